The quantitative estimate of drug-likeness (QED) is 0.588. The summed E-state index contributed by atoms with van der Waals surface area (Å²) >= 11 is 0. The van der Waals surface area contributed by atoms with Gasteiger partial charge in [0.25, 0.3) is 0 Å². The van der Waals surface area contributed by atoms with E-state index in [4.69, 9.17) is 5.73 Å². The van der Waals surface area contributed by atoms with E-state index in [1.807, 2.05) is 25.1 Å². The summed E-state index contributed by atoms with van der Waals surface area (Å²) in [6.45, 7) is 3.50. The fourth-order valence-electron chi connectivity index (χ4n) is 3.98. The van der Waals surface area contributed by atoms with E-state index in [0.717, 1.165) is 30.6 Å². The number of benzene rings is 2. The molecule has 1 atom stereocenters. The van der Waals surface area contributed by atoms with E-state index < -0.39 is 5.82 Å². The van der Waals surface area contributed by atoms with Crippen LogP contribution in [0.25, 0.3) is 10.9 Å². The van der Waals surface area contributed by atoms with E-state index in [1.165, 1.54) is 12.3 Å². The number of hydrogen-bond acceptors (Lipinski definition) is 4. The molecule has 2 aromatic carbocycles. The Balaban J connectivity index is 1.59. The first-order chi connectivity index (χ1) is 13.9. The van der Waals surface area contributed by atoms with Crippen molar-refractivity contribution in [3.8, 4) is 5.88 Å². The van der Waals surface area contributed by atoms with Gasteiger partial charge in [0, 0.05) is 30.4 Å². The van der Waals surface area contributed by atoms with E-state index >= 15 is 0 Å². The van der Waals surface area contributed by atoms with Crippen molar-refractivity contribution in [1.29, 1.82) is 0 Å². The van der Waals surface area contributed by atoms with Crippen LogP contribution >= 0.6 is 0 Å². The SMILES string of the molecule is Cc1cc(N=Cc2c(O)[nH]c3cccc(F)c23)ccc1N1CCCC(C(N)=O)C1. The van der Waals surface area contributed by atoms with Gasteiger partial charge in [-0.25, -0.2) is 4.39 Å². The molecule has 0 radical (unpaired) electrons. The summed E-state index contributed by atoms with van der Waals surface area (Å²) in [7, 11) is 0. The summed E-state index contributed by atoms with van der Waals surface area (Å²) < 4.78 is 14.2. The van der Waals surface area contributed by atoms with Gasteiger partial charge in [-0.2, -0.15) is 0 Å². The molecule has 7 heteroatoms. The van der Waals surface area contributed by atoms with Crippen LogP contribution in [0.1, 0.15) is 24.0 Å². The number of carbonyl (C=O) groups is 1. The van der Waals surface area contributed by atoms with E-state index in [9.17, 15) is 14.3 Å². The van der Waals surface area contributed by atoms with Crippen molar-refractivity contribution < 1.29 is 14.3 Å². The number of fused-ring (bicyclic) bond motifs is 1. The molecular weight excluding hydrogens is 371 g/mol. The maximum atomic E-state index is 14.2. The Morgan fingerprint density at radius 1 is 1.38 bits per heavy atom. The molecule has 1 amide bonds. The number of anilines is 1. The first-order valence-corrected chi connectivity index (χ1v) is 9.62. The molecule has 3 aromatic rings. The first kappa shape index (κ1) is 19.0. The topological polar surface area (TPSA) is 94.7 Å². The highest BCUT2D eigenvalue weighted by molar-refractivity contribution is 6.02. The number of hydrogen-bond donors (Lipinski definition) is 3. The number of nitrogens with two attached hydrogens (primary N) is 1. The Morgan fingerprint density at radius 2 is 2.21 bits per heavy atom. The van der Waals surface area contributed by atoms with Gasteiger partial charge in [0.1, 0.15) is 5.82 Å². The fraction of sp³-hybridized carbons (Fsp3) is 0.273. The Kier molecular flexibility index (Phi) is 4.96. The predicted molar refractivity (Wildman–Crippen MR) is 112 cm³/mol. The number of piperidine rings is 1. The van der Waals surface area contributed by atoms with E-state index in [0.29, 0.717) is 28.7 Å². The van der Waals surface area contributed by atoms with Crippen molar-refractivity contribution in [2.24, 2.45) is 16.6 Å². The lowest BCUT2D eigenvalue weighted by molar-refractivity contribution is -0.122. The minimum atomic E-state index is -0.416. The van der Waals surface area contributed by atoms with Gasteiger partial charge in [0.2, 0.25) is 5.91 Å². The van der Waals surface area contributed by atoms with E-state index in [-0.39, 0.29) is 17.7 Å². The summed E-state index contributed by atoms with van der Waals surface area (Å²) in [5, 5.41) is 10.4. The van der Waals surface area contributed by atoms with Crippen molar-refractivity contribution in [3.63, 3.8) is 0 Å². The van der Waals surface area contributed by atoms with Crippen LogP contribution in [0.2, 0.25) is 0 Å². The molecular formula is C22H23FN4O2. The molecule has 4 rings (SSSR count). The average Bonchev–Trinajstić information content (AvgIpc) is 3.03. The van der Waals surface area contributed by atoms with Crippen molar-refractivity contribution in [3.05, 3.63) is 53.3 Å². The second kappa shape index (κ2) is 7.58. The Hall–Kier alpha value is -3.35. The lowest BCUT2D eigenvalue weighted by atomic mass is 9.96. The highest BCUT2D eigenvalue weighted by Crippen LogP contribution is 2.31. The third-order valence-corrected chi connectivity index (χ3v) is 5.48. The van der Waals surface area contributed by atoms with Crippen LogP contribution in [0.3, 0.4) is 0 Å². The van der Waals surface area contributed by atoms with Crippen LogP contribution < -0.4 is 10.6 Å². The number of H-pyrrole nitrogens is 1. The standard InChI is InChI=1S/C22H23FN4O2/c1-13-10-15(7-8-19(13)27-9-3-4-14(12-27)21(24)28)25-11-16-20-17(23)5-2-6-18(20)26-22(16)29/h2,5-8,10-11,14,26,29H,3-4,9,12H2,1H3,(H2,24,28). The number of nitrogens with one attached hydrogen (secondary N) is 1. The number of aromatic nitrogens is 1. The third-order valence-electron chi connectivity index (χ3n) is 5.48. The second-order valence-electron chi connectivity index (χ2n) is 7.47. The molecule has 1 aromatic heterocycles. The number of amides is 1. The molecule has 0 aliphatic carbocycles. The third kappa shape index (κ3) is 3.68. The number of carbonyl (C=O) groups excluding carboxylic acids is 1. The fourth-order valence-corrected chi connectivity index (χ4v) is 3.98. The molecule has 1 aliphatic heterocycles. The molecule has 1 unspecified atom stereocenters. The van der Waals surface area contributed by atoms with Gasteiger partial charge in [-0.05, 0) is 55.7 Å². The lowest BCUT2D eigenvalue weighted by Gasteiger charge is -2.34. The van der Waals surface area contributed by atoms with E-state index in [1.54, 1.807) is 12.1 Å². The monoisotopic (exact) mass is 394 g/mol. The predicted octanol–water partition coefficient (Wildman–Crippen LogP) is 3.77. The molecule has 0 saturated carbocycles. The zero-order valence-corrected chi connectivity index (χ0v) is 16.2. The number of aryl methyl sites for hydroxylation is 1. The summed E-state index contributed by atoms with van der Waals surface area (Å²) in [5.41, 5.74) is 9.09. The summed E-state index contributed by atoms with van der Waals surface area (Å²) in [6.07, 6.45) is 3.23. The summed E-state index contributed by atoms with van der Waals surface area (Å²) in [5.74, 6) is -0.908. The Labute approximate surface area is 167 Å². The molecule has 1 saturated heterocycles. The molecule has 2 heterocycles. The number of rotatable bonds is 4. The average molecular weight is 394 g/mol. The summed E-state index contributed by atoms with van der Waals surface area (Å²) in [4.78, 5) is 20.9. The second-order valence-corrected chi connectivity index (χ2v) is 7.47. The molecule has 1 fully saturated rings. The van der Waals surface area contributed by atoms with Gasteiger partial charge in [-0.15, -0.1) is 0 Å². The van der Waals surface area contributed by atoms with Crippen molar-refractivity contribution >= 4 is 34.4 Å². The van der Waals surface area contributed by atoms with Crippen LogP contribution in [0.15, 0.2) is 41.4 Å². The number of aromatic amines is 1. The highest BCUT2D eigenvalue weighted by atomic mass is 19.1. The molecule has 4 N–H and O–H groups in total. The minimum absolute atomic E-state index is 0.118. The maximum Gasteiger partial charge on any atom is 0.222 e. The molecule has 6 nitrogen and oxygen atoms in total. The van der Waals surface area contributed by atoms with Crippen LogP contribution in [0, 0.1) is 18.7 Å². The van der Waals surface area contributed by atoms with Crippen molar-refractivity contribution in [2.45, 2.75) is 19.8 Å². The van der Waals surface area contributed by atoms with Gasteiger partial charge in [0.05, 0.1) is 22.7 Å². The van der Waals surface area contributed by atoms with Gasteiger partial charge in [0.15, 0.2) is 5.88 Å². The molecule has 0 spiro atoms. The van der Waals surface area contributed by atoms with Crippen LogP contribution in [0.5, 0.6) is 5.88 Å². The number of aliphatic imine (C=N–C) groups is 1. The molecule has 1 aliphatic rings. The molecule has 29 heavy (non-hydrogen) atoms. The van der Waals surface area contributed by atoms with Gasteiger partial charge < -0.3 is 20.7 Å². The van der Waals surface area contributed by atoms with Crippen LogP contribution in [-0.2, 0) is 4.79 Å². The summed E-state index contributed by atoms with van der Waals surface area (Å²) in [6, 6.07) is 10.4. The smallest absolute Gasteiger partial charge is 0.222 e. The maximum absolute atomic E-state index is 14.2. The first-order valence-electron chi connectivity index (χ1n) is 9.62. The minimum Gasteiger partial charge on any atom is -0.494 e. The largest absolute Gasteiger partial charge is 0.494 e. The van der Waals surface area contributed by atoms with Crippen molar-refractivity contribution in [2.75, 3.05) is 18.0 Å². The number of nitrogens with zero attached hydrogens (tertiary/aromatic N) is 2. The van der Waals surface area contributed by atoms with Gasteiger partial charge in [-0.3, -0.25) is 9.79 Å². The van der Waals surface area contributed by atoms with Crippen molar-refractivity contribution in [1.82, 2.24) is 4.98 Å². The van der Waals surface area contributed by atoms with Crippen LogP contribution in [0.4, 0.5) is 15.8 Å². The van der Waals surface area contributed by atoms with Crippen LogP contribution in [-0.4, -0.2) is 35.3 Å². The Bertz CT molecular complexity index is 1110. The normalized spacial score (nSPS) is 17.3. The number of halogens is 1. The number of aromatic hydroxyl groups is 1. The van der Waals surface area contributed by atoms with Gasteiger partial charge >= 0.3 is 0 Å². The lowest BCUT2D eigenvalue weighted by Crippen LogP contribution is -2.41. The molecule has 0 bridgehead atoms. The molecule has 150 valence electrons. The highest BCUT2D eigenvalue weighted by Gasteiger charge is 2.24. The zero-order chi connectivity index (χ0) is 20.5. The van der Waals surface area contributed by atoms with Gasteiger partial charge in [-0.1, -0.05) is 6.07 Å². The number of primary amides is 1. The van der Waals surface area contributed by atoms with E-state index in [2.05, 4.69) is 14.9 Å². The zero-order valence-electron chi connectivity index (χ0n) is 16.2. The Morgan fingerprint density at radius 3 is 2.97 bits per heavy atom.